The highest BCUT2D eigenvalue weighted by Gasteiger charge is 2.19. The number of esters is 1. The molecule has 1 aliphatic heterocycles. The quantitative estimate of drug-likeness (QED) is 0.417. The summed E-state index contributed by atoms with van der Waals surface area (Å²) in [7, 11) is 0. The Morgan fingerprint density at radius 2 is 2.28 bits per heavy atom. The minimum Gasteiger partial charge on any atom is -0.493 e. The molecule has 0 aromatic rings. The van der Waals surface area contributed by atoms with Gasteiger partial charge in [-0.25, -0.2) is 4.79 Å². The van der Waals surface area contributed by atoms with Gasteiger partial charge in [-0.1, -0.05) is 0 Å². The van der Waals surface area contributed by atoms with Crippen LogP contribution in [0.25, 0.3) is 0 Å². The molecule has 0 saturated carbocycles. The largest absolute Gasteiger partial charge is 0.493 e. The fraction of sp³-hybridized carbons (Fsp3) is 0.364. The topological polar surface area (TPSA) is 112 Å². The van der Waals surface area contributed by atoms with Gasteiger partial charge in [0.2, 0.25) is 11.5 Å². The Morgan fingerprint density at radius 3 is 2.78 bits per heavy atom. The molecule has 0 fully saturated rings. The maximum Gasteiger partial charge on any atom is 0.377 e. The van der Waals surface area contributed by atoms with Crippen LogP contribution in [-0.2, 0) is 23.8 Å². The average Bonchev–Trinajstić information content (AvgIpc) is 2.37. The number of hydrogen-bond donors (Lipinski definition) is 1. The number of Topliss-reactive ketones (excluding diaryl/α,β-unsaturated/α-hetero) is 1. The zero-order valence-corrected chi connectivity index (χ0v) is 9.76. The summed E-state index contributed by atoms with van der Waals surface area (Å²) < 4.78 is 14.5. The zero-order valence-electron chi connectivity index (χ0n) is 9.76. The Labute approximate surface area is 103 Å². The van der Waals surface area contributed by atoms with E-state index in [9.17, 15) is 9.59 Å². The van der Waals surface area contributed by atoms with Crippen LogP contribution in [0.15, 0.2) is 23.3 Å². The first-order valence-corrected chi connectivity index (χ1v) is 5.07. The van der Waals surface area contributed by atoms with Crippen LogP contribution in [0.2, 0.25) is 0 Å². The first-order valence-electron chi connectivity index (χ1n) is 5.07. The predicted molar refractivity (Wildman–Crippen MR) is 58.5 cm³/mol. The third kappa shape index (κ3) is 3.52. The predicted octanol–water partition coefficient (Wildman–Crippen LogP) is -0.257. The lowest BCUT2D eigenvalue weighted by atomic mass is 10.1. The van der Waals surface area contributed by atoms with E-state index in [2.05, 4.69) is 4.74 Å². The summed E-state index contributed by atoms with van der Waals surface area (Å²) in [5.41, 5.74) is 5.19. The van der Waals surface area contributed by atoms with Crippen LogP contribution in [0.1, 0.15) is 6.92 Å². The number of hydrogen-bond acceptors (Lipinski definition) is 7. The van der Waals surface area contributed by atoms with E-state index >= 15 is 0 Å². The molecule has 1 rings (SSSR count). The van der Waals surface area contributed by atoms with E-state index < -0.39 is 18.4 Å². The number of ketones is 1. The van der Waals surface area contributed by atoms with E-state index in [1.165, 1.54) is 6.92 Å². The monoisotopic (exact) mass is 252 g/mol. The second kappa shape index (κ2) is 6.30. The molecule has 7 nitrogen and oxygen atoms in total. The van der Waals surface area contributed by atoms with Gasteiger partial charge in [0.05, 0.1) is 0 Å². The molecule has 0 aliphatic carbocycles. The molecule has 1 aliphatic rings. The Balaban J connectivity index is 2.54. The molecule has 0 radical (unpaired) electrons. The van der Waals surface area contributed by atoms with Crippen molar-refractivity contribution < 1.29 is 23.8 Å². The molecule has 1 heterocycles. The third-order valence-corrected chi connectivity index (χ3v) is 1.97. The number of nitriles is 1. The third-order valence-electron chi connectivity index (χ3n) is 1.97. The van der Waals surface area contributed by atoms with Gasteiger partial charge in [0.25, 0.3) is 0 Å². The first-order chi connectivity index (χ1) is 8.56. The fourth-order valence-corrected chi connectivity index (χ4v) is 1.12. The fourth-order valence-electron chi connectivity index (χ4n) is 1.12. The Morgan fingerprint density at radius 1 is 1.56 bits per heavy atom. The van der Waals surface area contributed by atoms with E-state index in [1.807, 2.05) is 0 Å². The van der Waals surface area contributed by atoms with Crippen molar-refractivity contribution in [2.45, 2.75) is 6.92 Å². The number of carbonyl (C=O) groups excluding carboxylic acids is 2. The van der Waals surface area contributed by atoms with E-state index in [4.69, 9.17) is 20.5 Å². The molecule has 0 amide bonds. The maximum atomic E-state index is 11.5. The molecule has 0 saturated heterocycles. The summed E-state index contributed by atoms with van der Waals surface area (Å²) in [6.07, 6.45) is 1.12. The molecule has 0 aromatic heterocycles. The Kier molecular flexibility index (Phi) is 4.75. The molecule has 0 unspecified atom stereocenters. The number of rotatable bonds is 4. The molecule has 0 atom stereocenters. The van der Waals surface area contributed by atoms with E-state index in [1.54, 1.807) is 6.07 Å². The van der Waals surface area contributed by atoms with Gasteiger partial charge in [0.1, 0.15) is 31.1 Å². The minimum absolute atomic E-state index is 0.0787. The second-order valence-corrected chi connectivity index (χ2v) is 3.37. The molecule has 96 valence electrons. The van der Waals surface area contributed by atoms with Gasteiger partial charge >= 0.3 is 5.97 Å². The number of ether oxygens (including phenoxy) is 3. The summed E-state index contributed by atoms with van der Waals surface area (Å²) in [4.78, 5) is 22.9. The van der Waals surface area contributed by atoms with Crippen LogP contribution in [0.3, 0.4) is 0 Å². The van der Waals surface area contributed by atoms with Crippen molar-refractivity contribution in [3.8, 4) is 6.07 Å². The summed E-state index contributed by atoms with van der Waals surface area (Å²) in [5.74, 6) is -1.60. The van der Waals surface area contributed by atoms with Gasteiger partial charge in [0, 0.05) is 5.70 Å². The Bertz CT molecular complexity index is 455. The second-order valence-electron chi connectivity index (χ2n) is 3.37. The van der Waals surface area contributed by atoms with Crippen molar-refractivity contribution >= 4 is 11.8 Å². The van der Waals surface area contributed by atoms with E-state index in [0.29, 0.717) is 6.61 Å². The lowest BCUT2D eigenvalue weighted by Gasteiger charge is -2.14. The van der Waals surface area contributed by atoms with Crippen LogP contribution in [0.5, 0.6) is 0 Å². The molecular formula is C11H12N2O5. The lowest BCUT2D eigenvalue weighted by molar-refractivity contribution is -0.147. The summed E-state index contributed by atoms with van der Waals surface area (Å²) in [6.45, 7) is 1.43. The number of allylic oxidation sites excluding steroid dienone is 1. The highest BCUT2D eigenvalue weighted by molar-refractivity contribution is 6.01. The van der Waals surface area contributed by atoms with Crippen molar-refractivity contribution in [1.82, 2.24) is 0 Å². The van der Waals surface area contributed by atoms with Crippen LogP contribution in [0, 0.1) is 11.3 Å². The van der Waals surface area contributed by atoms with Crippen molar-refractivity contribution in [1.29, 1.82) is 5.26 Å². The van der Waals surface area contributed by atoms with E-state index in [-0.39, 0.29) is 23.6 Å². The zero-order chi connectivity index (χ0) is 13.5. The van der Waals surface area contributed by atoms with Gasteiger partial charge in [-0.05, 0) is 6.92 Å². The molecule has 0 spiro atoms. The van der Waals surface area contributed by atoms with Crippen molar-refractivity contribution in [3.63, 3.8) is 0 Å². The van der Waals surface area contributed by atoms with E-state index in [0.717, 1.165) is 6.26 Å². The van der Waals surface area contributed by atoms with Crippen LogP contribution < -0.4 is 5.73 Å². The average molecular weight is 252 g/mol. The maximum absolute atomic E-state index is 11.5. The smallest absolute Gasteiger partial charge is 0.377 e. The van der Waals surface area contributed by atoms with Crippen LogP contribution in [-0.4, -0.2) is 31.6 Å². The van der Waals surface area contributed by atoms with Gasteiger partial charge in [-0.2, -0.15) is 5.26 Å². The number of nitrogens with zero attached hydrogens (tertiary/aromatic N) is 1. The number of nitrogens with two attached hydrogens (primary N) is 1. The van der Waals surface area contributed by atoms with Crippen molar-refractivity contribution in [2.24, 2.45) is 5.73 Å². The highest BCUT2D eigenvalue weighted by atomic mass is 16.6. The summed E-state index contributed by atoms with van der Waals surface area (Å²) >= 11 is 0. The first kappa shape index (κ1) is 13.6. The molecule has 0 bridgehead atoms. The lowest BCUT2D eigenvalue weighted by Crippen LogP contribution is -2.21. The molecule has 7 heteroatoms. The van der Waals surface area contributed by atoms with Gasteiger partial charge < -0.3 is 19.9 Å². The van der Waals surface area contributed by atoms with Gasteiger partial charge in [-0.3, -0.25) is 4.79 Å². The standard InChI is InChI=1S/C11H12N2O5/c1-7(13)8(4-12)9(14)5-18-11(15)10-6-16-2-3-17-10/h6H,2-3,5,13H2,1H3/b8-7+. The highest BCUT2D eigenvalue weighted by Crippen LogP contribution is 2.07. The minimum atomic E-state index is -0.824. The van der Waals surface area contributed by atoms with Crippen molar-refractivity contribution in [2.75, 3.05) is 19.8 Å². The molecule has 18 heavy (non-hydrogen) atoms. The molecule has 0 aromatic carbocycles. The molecular weight excluding hydrogens is 240 g/mol. The SMILES string of the molecule is C/C(N)=C(/C#N)C(=O)COC(=O)C1=COCCO1. The number of carbonyl (C=O) groups is 2. The summed E-state index contributed by atoms with van der Waals surface area (Å²) in [6, 6.07) is 1.65. The van der Waals surface area contributed by atoms with Crippen LogP contribution in [0.4, 0.5) is 0 Å². The van der Waals surface area contributed by atoms with Gasteiger partial charge in [-0.15, -0.1) is 0 Å². The molecule has 2 N–H and O–H groups in total. The Hall–Kier alpha value is -2.49. The van der Waals surface area contributed by atoms with Gasteiger partial charge in [0.15, 0.2) is 6.61 Å². The summed E-state index contributed by atoms with van der Waals surface area (Å²) in [5, 5.41) is 8.68. The van der Waals surface area contributed by atoms with Crippen LogP contribution >= 0.6 is 0 Å². The normalized spacial score (nSPS) is 15.2. The van der Waals surface area contributed by atoms with Crippen molar-refractivity contribution in [3.05, 3.63) is 23.3 Å².